The topological polar surface area (TPSA) is 47.3 Å². The van der Waals surface area contributed by atoms with Crippen LogP contribution in [0.15, 0.2) is 24.3 Å². The van der Waals surface area contributed by atoms with Gasteiger partial charge in [0.1, 0.15) is 5.75 Å². The number of nitrogens with one attached hydrogen (secondary N) is 1. The summed E-state index contributed by atoms with van der Waals surface area (Å²) in [6.07, 6.45) is 0. The maximum Gasteiger partial charge on any atom is 0.118 e. The minimum atomic E-state index is 0.171. The van der Waals surface area contributed by atoms with E-state index in [9.17, 15) is 0 Å². The fourth-order valence-corrected chi connectivity index (χ4v) is 2.37. The Hall–Kier alpha value is -0.710. The van der Waals surface area contributed by atoms with Crippen LogP contribution in [0.4, 0.5) is 0 Å². The highest BCUT2D eigenvalue weighted by molar-refractivity contribution is 8.00. The van der Waals surface area contributed by atoms with Gasteiger partial charge in [0.2, 0.25) is 0 Å². The number of nitrogens with two attached hydrogens (primary N) is 1. The van der Waals surface area contributed by atoms with E-state index in [1.165, 1.54) is 5.56 Å². The Labute approximate surface area is 108 Å². The number of rotatable bonds is 5. The number of hydrogen-bond acceptors (Lipinski definition) is 4. The Morgan fingerprint density at radius 3 is 2.29 bits per heavy atom. The molecule has 0 amide bonds. The third-order valence-electron chi connectivity index (χ3n) is 2.40. The Morgan fingerprint density at radius 2 is 1.88 bits per heavy atom. The molecule has 1 aromatic carbocycles. The van der Waals surface area contributed by atoms with Crippen LogP contribution >= 0.6 is 11.8 Å². The van der Waals surface area contributed by atoms with Crippen molar-refractivity contribution in [2.75, 3.05) is 12.9 Å². The van der Waals surface area contributed by atoms with Gasteiger partial charge in [0.15, 0.2) is 0 Å². The maximum atomic E-state index is 5.61. The SMILES string of the molecule is COc1ccc(C(CSC(C)(C)C)NN)cc1. The molecule has 0 aliphatic heterocycles. The lowest BCUT2D eigenvalue weighted by molar-refractivity contribution is 0.414. The fraction of sp³-hybridized carbons (Fsp3) is 0.538. The Balaban J connectivity index is 2.66. The third-order valence-corrected chi connectivity index (χ3v) is 3.77. The van der Waals surface area contributed by atoms with Gasteiger partial charge in [-0.05, 0) is 17.7 Å². The summed E-state index contributed by atoms with van der Waals surface area (Å²) < 4.78 is 5.39. The van der Waals surface area contributed by atoms with Crippen molar-refractivity contribution < 1.29 is 4.74 Å². The van der Waals surface area contributed by atoms with Gasteiger partial charge in [-0.15, -0.1) is 0 Å². The van der Waals surface area contributed by atoms with Crippen LogP contribution in [0.1, 0.15) is 32.4 Å². The molecule has 96 valence electrons. The largest absolute Gasteiger partial charge is 0.497 e. The van der Waals surface area contributed by atoms with E-state index in [1.807, 2.05) is 36.0 Å². The predicted octanol–water partition coefficient (Wildman–Crippen LogP) is 2.73. The highest BCUT2D eigenvalue weighted by Gasteiger charge is 2.16. The molecule has 0 spiro atoms. The molecule has 0 saturated carbocycles. The summed E-state index contributed by atoms with van der Waals surface area (Å²) in [7, 11) is 1.67. The molecule has 0 aromatic heterocycles. The van der Waals surface area contributed by atoms with Gasteiger partial charge in [-0.1, -0.05) is 32.9 Å². The number of hydrazine groups is 1. The van der Waals surface area contributed by atoms with Gasteiger partial charge < -0.3 is 4.74 Å². The van der Waals surface area contributed by atoms with Crippen molar-refractivity contribution in [1.29, 1.82) is 0 Å². The Morgan fingerprint density at radius 1 is 1.29 bits per heavy atom. The van der Waals surface area contributed by atoms with Crippen LogP contribution in [-0.2, 0) is 0 Å². The van der Waals surface area contributed by atoms with Gasteiger partial charge in [0.05, 0.1) is 13.2 Å². The lowest BCUT2D eigenvalue weighted by Gasteiger charge is -2.22. The minimum absolute atomic E-state index is 0.171. The van der Waals surface area contributed by atoms with E-state index in [2.05, 4.69) is 26.2 Å². The summed E-state index contributed by atoms with van der Waals surface area (Å²) in [6.45, 7) is 6.62. The smallest absolute Gasteiger partial charge is 0.118 e. The molecular weight excluding hydrogens is 232 g/mol. The van der Waals surface area contributed by atoms with Crippen LogP contribution in [0.25, 0.3) is 0 Å². The summed E-state index contributed by atoms with van der Waals surface area (Å²) >= 11 is 1.90. The highest BCUT2D eigenvalue weighted by Crippen LogP contribution is 2.28. The molecule has 0 aliphatic rings. The van der Waals surface area contributed by atoms with E-state index in [4.69, 9.17) is 10.6 Å². The van der Waals surface area contributed by atoms with Crippen LogP contribution in [0.2, 0.25) is 0 Å². The first-order chi connectivity index (χ1) is 7.96. The van der Waals surface area contributed by atoms with Crippen molar-refractivity contribution in [2.24, 2.45) is 5.84 Å². The maximum absolute atomic E-state index is 5.61. The molecule has 4 heteroatoms. The zero-order valence-electron chi connectivity index (χ0n) is 11.0. The number of thioether (sulfide) groups is 1. The molecule has 1 atom stereocenters. The number of benzene rings is 1. The number of ether oxygens (including phenoxy) is 1. The minimum Gasteiger partial charge on any atom is -0.497 e. The molecule has 3 nitrogen and oxygen atoms in total. The predicted molar refractivity (Wildman–Crippen MR) is 75.3 cm³/mol. The lowest BCUT2D eigenvalue weighted by Crippen LogP contribution is -2.30. The van der Waals surface area contributed by atoms with Gasteiger partial charge in [-0.2, -0.15) is 11.8 Å². The van der Waals surface area contributed by atoms with Crippen LogP contribution in [0.5, 0.6) is 5.75 Å². The summed E-state index contributed by atoms with van der Waals surface area (Å²) in [5, 5.41) is 0. The monoisotopic (exact) mass is 254 g/mol. The zero-order valence-corrected chi connectivity index (χ0v) is 11.8. The molecule has 0 saturated heterocycles. The summed E-state index contributed by atoms with van der Waals surface area (Å²) in [4.78, 5) is 0. The van der Waals surface area contributed by atoms with E-state index < -0.39 is 0 Å². The van der Waals surface area contributed by atoms with Gasteiger partial charge in [-0.25, -0.2) is 0 Å². The normalized spacial score (nSPS) is 13.5. The van der Waals surface area contributed by atoms with Crippen LogP contribution in [0, 0.1) is 0 Å². The van der Waals surface area contributed by atoms with Gasteiger partial charge >= 0.3 is 0 Å². The Kier molecular flexibility index (Phi) is 5.31. The van der Waals surface area contributed by atoms with Crippen molar-refractivity contribution in [3.8, 4) is 5.75 Å². The molecule has 3 N–H and O–H groups in total. The van der Waals surface area contributed by atoms with Crippen molar-refractivity contribution in [3.05, 3.63) is 29.8 Å². The van der Waals surface area contributed by atoms with Crippen molar-refractivity contribution in [1.82, 2.24) is 5.43 Å². The third kappa shape index (κ3) is 4.98. The lowest BCUT2D eigenvalue weighted by atomic mass is 10.1. The standard InChI is InChI=1S/C13H22N2OS/c1-13(2,3)17-9-12(15-14)10-5-7-11(16-4)8-6-10/h5-8,12,15H,9,14H2,1-4H3. The zero-order chi connectivity index (χ0) is 12.9. The fourth-order valence-electron chi connectivity index (χ4n) is 1.41. The van der Waals surface area contributed by atoms with Crippen LogP contribution in [0.3, 0.4) is 0 Å². The van der Waals surface area contributed by atoms with E-state index in [1.54, 1.807) is 7.11 Å². The molecule has 0 radical (unpaired) electrons. The van der Waals surface area contributed by atoms with E-state index in [0.29, 0.717) is 0 Å². The molecular formula is C13H22N2OS. The van der Waals surface area contributed by atoms with E-state index >= 15 is 0 Å². The second-order valence-corrected chi connectivity index (χ2v) is 6.76. The summed E-state index contributed by atoms with van der Waals surface area (Å²) in [6, 6.07) is 8.19. The molecule has 0 fully saturated rings. The molecule has 1 aromatic rings. The molecule has 17 heavy (non-hydrogen) atoms. The van der Waals surface area contributed by atoms with E-state index in [-0.39, 0.29) is 10.8 Å². The van der Waals surface area contributed by atoms with Crippen LogP contribution in [-0.4, -0.2) is 17.6 Å². The van der Waals surface area contributed by atoms with Crippen molar-refractivity contribution in [3.63, 3.8) is 0 Å². The number of methoxy groups -OCH3 is 1. The average Bonchev–Trinajstić information content (AvgIpc) is 2.29. The van der Waals surface area contributed by atoms with Crippen molar-refractivity contribution in [2.45, 2.75) is 31.6 Å². The van der Waals surface area contributed by atoms with Crippen molar-refractivity contribution >= 4 is 11.8 Å². The second-order valence-electron chi connectivity index (χ2n) is 4.92. The molecule has 0 heterocycles. The quantitative estimate of drug-likeness (QED) is 0.626. The molecule has 0 bridgehead atoms. The molecule has 1 rings (SSSR count). The van der Waals surface area contributed by atoms with Crippen LogP contribution < -0.4 is 16.0 Å². The first-order valence-corrected chi connectivity index (χ1v) is 6.69. The molecule has 0 aliphatic carbocycles. The molecule has 1 unspecified atom stereocenters. The van der Waals surface area contributed by atoms with Gasteiger partial charge in [-0.3, -0.25) is 11.3 Å². The summed E-state index contributed by atoms with van der Waals surface area (Å²) in [5.41, 5.74) is 4.05. The summed E-state index contributed by atoms with van der Waals surface area (Å²) in [5.74, 6) is 7.43. The average molecular weight is 254 g/mol. The first-order valence-electron chi connectivity index (χ1n) is 5.70. The second kappa shape index (κ2) is 6.28. The van der Waals surface area contributed by atoms with E-state index in [0.717, 1.165) is 11.5 Å². The Bertz CT molecular complexity index is 332. The highest BCUT2D eigenvalue weighted by atomic mass is 32.2. The first kappa shape index (κ1) is 14.4. The van der Waals surface area contributed by atoms with Gasteiger partial charge in [0, 0.05) is 10.5 Å². The van der Waals surface area contributed by atoms with Gasteiger partial charge in [0.25, 0.3) is 0 Å². The number of hydrogen-bond donors (Lipinski definition) is 2.